The molecule has 8 nitrogen and oxygen atoms in total. The average molecular weight is 357 g/mol. The maximum Gasteiger partial charge on any atom is 0.328 e. The molecule has 0 radical (unpaired) electrons. The Morgan fingerprint density at radius 2 is 1.96 bits per heavy atom. The Hall–Kier alpha value is -3.81. The number of benzene rings is 1. The van der Waals surface area contributed by atoms with E-state index in [0.717, 1.165) is 22.3 Å². The fourth-order valence-corrected chi connectivity index (χ4v) is 3.17. The molecule has 0 unspecified atom stereocenters. The van der Waals surface area contributed by atoms with Crippen LogP contribution in [-0.2, 0) is 6.54 Å². The zero-order valence-corrected chi connectivity index (χ0v) is 14.5. The number of aromatic amines is 1. The molecule has 8 heteroatoms. The standard InChI is InChI=1S/C19H15N7O/c1-12-13(5-4-8-20-12)10-25-17-15(23-19(25)27)9-21-18(24-17)26-11-22-14-6-2-3-7-16(14)26/h2-9,11H,10H2,1H3,(H,23,27). The zero-order valence-electron chi connectivity index (χ0n) is 14.5. The van der Waals surface area contributed by atoms with Gasteiger partial charge in [-0.2, -0.15) is 4.98 Å². The van der Waals surface area contributed by atoms with E-state index in [0.29, 0.717) is 23.7 Å². The highest BCUT2D eigenvalue weighted by Crippen LogP contribution is 2.17. The van der Waals surface area contributed by atoms with Crippen LogP contribution in [0.2, 0.25) is 0 Å². The van der Waals surface area contributed by atoms with Crippen LogP contribution in [0.3, 0.4) is 0 Å². The van der Waals surface area contributed by atoms with E-state index in [9.17, 15) is 4.79 Å². The molecule has 1 N–H and O–H groups in total. The third kappa shape index (κ3) is 2.50. The van der Waals surface area contributed by atoms with Gasteiger partial charge in [-0.05, 0) is 30.7 Å². The Morgan fingerprint density at radius 1 is 1.07 bits per heavy atom. The predicted octanol–water partition coefficient (Wildman–Crippen LogP) is 2.21. The molecule has 4 heterocycles. The number of aryl methyl sites for hydroxylation is 1. The largest absolute Gasteiger partial charge is 0.328 e. The summed E-state index contributed by atoms with van der Waals surface area (Å²) < 4.78 is 3.41. The first kappa shape index (κ1) is 15.4. The van der Waals surface area contributed by atoms with Gasteiger partial charge in [0.1, 0.15) is 11.8 Å². The third-order valence-corrected chi connectivity index (χ3v) is 4.61. The lowest BCUT2D eigenvalue weighted by atomic mass is 10.2. The number of imidazole rings is 2. The Balaban J connectivity index is 1.67. The van der Waals surface area contributed by atoms with Gasteiger partial charge in [-0.3, -0.25) is 14.1 Å². The lowest BCUT2D eigenvalue weighted by Gasteiger charge is -2.07. The van der Waals surface area contributed by atoms with Crippen LogP contribution in [0.5, 0.6) is 0 Å². The number of rotatable bonds is 3. The van der Waals surface area contributed by atoms with Crippen LogP contribution in [0.15, 0.2) is 59.9 Å². The number of hydrogen-bond donors (Lipinski definition) is 1. The summed E-state index contributed by atoms with van der Waals surface area (Å²) in [5.74, 6) is 0.465. The van der Waals surface area contributed by atoms with Crippen LogP contribution < -0.4 is 5.69 Å². The quantitative estimate of drug-likeness (QED) is 0.534. The van der Waals surface area contributed by atoms with E-state index in [2.05, 4.69) is 24.9 Å². The second-order valence-electron chi connectivity index (χ2n) is 6.27. The van der Waals surface area contributed by atoms with Crippen molar-refractivity contribution in [3.63, 3.8) is 0 Å². The first-order valence-corrected chi connectivity index (χ1v) is 8.49. The van der Waals surface area contributed by atoms with Crippen LogP contribution in [0, 0.1) is 6.92 Å². The molecule has 0 fully saturated rings. The second kappa shape index (κ2) is 5.87. The summed E-state index contributed by atoms with van der Waals surface area (Å²) in [5, 5.41) is 0. The van der Waals surface area contributed by atoms with Crippen molar-refractivity contribution in [3.05, 3.63) is 76.9 Å². The summed E-state index contributed by atoms with van der Waals surface area (Å²) in [6, 6.07) is 11.6. The molecule has 0 amide bonds. The molecular formula is C19H15N7O. The minimum absolute atomic E-state index is 0.227. The molecule has 0 aliphatic rings. The van der Waals surface area contributed by atoms with Crippen molar-refractivity contribution in [2.45, 2.75) is 13.5 Å². The number of nitrogens with one attached hydrogen (secondary N) is 1. The number of nitrogens with zero attached hydrogens (tertiary/aromatic N) is 6. The van der Waals surface area contributed by atoms with Gasteiger partial charge in [0, 0.05) is 11.9 Å². The Kier molecular flexibility index (Phi) is 3.36. The van der Waals surface area contributed by atoms with Crippen molar-refractivity contribution in [2.75, 3.05) is 0 Å². The monoisotopic (exact) mass is 357 g/mol. The predicted molar refractivity (Wildman–Crippen MR) is 101 cm³/mol. The Bertz CT molecular complexity index is 1350. The van der Waals surface area contributed by atoms with Crippen molar-refractivity contribution in [1.82, 2.24) is 34.1 Å². The minimum Gasteiger partial charge on any atom is -0.303 e. The normalized spacial score (nSPS) is 11.4. The molecule has 5 aromatic rings. The summed E-state index contributed by atoms with van der Waals surface area (Å²) in [5.41, 5.74) is 4.53. The lowest BCUT2D eigenvalue weighted by Crippen LogP contribution is -2.18. The first-order valence-electron chi connectivity index (χ1n) is 8.49. The van der Waals surface area contributed by atoms with Crippen molar-refractivity contribution in [3.8, 4) is 5.95 Å². The van der Waals surface area contributed by atoms with Gasteiger partial charge in [0.15, 0.2) is 5.65 Å². The summed E-state index contributed by atoms with van der Waals surface area (Å²) in [6.07, 6.45) is 5.05. The molecule has 5 rings (SSSR count). The molecular weight excluding hydrogens is 342 g/mol. The molecule has 0 aliphatic heterocycles. The van der Waals surface area contributed by atoms with Crippen molar-refractivity contribution in [1.29, 1.82) is 0 Å². The van der Waals surface area contributed by atoms with Crippen LogP contribution in [-0.4, -0.2) is 34.1 Å². The summed E-state index contributed by atoms with van der Waals surface area (Å²) >= 11 is 0. The van der Waals surface area contributed by atoms with Gasteiger partial charge in [0.2, 0.25) is 5.95 Å². The molecule has 1 aromatic carbocycles. The van der Waals surface area contributed by atoms with Crippen molar-refractivity contribution >= 4 is 22.2 Å². The molecule has 132 valence electrons. The number of fused-ring (bicyclic) bond motifs is 2. The number of hydrogen-bond acceptors (Lipinski definition) is 5. The van der Waals surface area contributed by atoms with Crippen LogP contribution in [0.25, 0.3) is 28.1 Å². The van der Waals surface area contributed by atoms with Crippen molar-refractivity contribution < 1.29 is 0 Å². The van der Waals surface area contributed by atoms with Gasteiger partial charge < -0.3 is 4.98 Å². The molecule has 0 saturated carbocycles. The molecule has 0 saturated heterocycles. The smallest absolute Gasteiger partial charge is 0.303 e. The van der Waals surface area contributed by atoms with Gasteiger partial charge in [0.25, 0.3) is 0 Å². The highest BCUT2D eigenvalue weighted by molar-refractivity contribution is 5.77. The highest BCUT2D eigenvalue weighted by atomic mass is 16.1. The zero-order chi connectivity index (χ0) is 18.4. The van der Waals surface area contributed by atoms with Gasteiger partial charge in [0.05, 0.1) is 23.8 Å². The van der Waals surface area contributed by atoms with Crippen LogP contribution in [0.1, 0.15) is 11.3 Å². The van der Waals surface area contributed by atoms with E-state index in [-0.39, 0.29) is 5.69 Å². The SMILES string of the molecule is Cc1ncccc1Cn1c(=O)[nH]c2cnc(-n3cnc4ccccc43)nc21. The number of aromatic nitrogens is 7. The molecule has 0 atom stereocenters. The minimum atomic E-state index is -0.227. The van der Waals surface area contributed by atoms with E-state index >= 15 is 0 Å². The highest BCUT2D eigenvalue weighted by Gasteiger charge is 2.13. The third-order valence-electron chi connectivity index (χ3n) is 4.61. The van der Waals surface area contributed by atoms with Gasteiger partial charge >= 0.3 is 5.69 Å². The van der Waals surface area contributed by atoms with Crippen LogP contribution in [0.4, 0.5) is 0 Å². The maximum atomic E-state index is 12.5. The molecule has 27 heavy (non-hydrogen) atoms. The van der Waals surface area contributed by atoms with E-state index in [4.69, 9.17) is 0 Å². The number of pyridine rings is 1. The molecule has 0 bridgehead atoms. The second-order valence-corrected chi connectivity index (χ2v) is 6.27. The van der Waals surface area contributed by atoms with E-state index < -0.39 is 0 Å². The topological polar surface area (TPSA) is 94.3 Å². The summed E-state index contributed by atoms with van der Waals surface area (Å²) in [6.45, 7) is 2.31. The average Bonchev–Trinajstić information content (AvgIpc) is 3.24. The first-order chi connectivity index (χ1) is 13.2. The van der Waals surface area contributed by atoms with Gasteiger partial charge in [-0.15, -0.1) is 0 Å². The van der Waals surface area contributed by atoms with Gasteiger partial charge in [-0.1, -0.05) is 18.2 Å². The summed E-state index contributed by atoms with van der Waals surface area (Å²) in [7, 11) is 0. The fourth-order valence-electron chi connectivity index (χ4n) is 3.17. The van der Waals surface area contributed by atoms with Gasteiger partial charge in [-0.25, -0.2) is 14.8 Å². The fraction of sp³-hybridized carbons (Fsp3) is 0.105. The maximum absolute atomic E-state index is 12.5. The number of para-hydroxylation sites is 2. The Morgan fingerprint density at radius 3 is 2.85 bits per heavy atom. The lowest BCUT2D eigenvalue weighted by molar-refractivity contribution is 0.765. The van der Waals surface area contributed by atoms with Crippen molar-refractivity contribution in [2.24, 2.45) is 0 Å². The van der Waals surface area contributed by atoms with E-state index in [1.165, 1.54) is 0 Å². The Labute approximate surface area is 153 Å². The molecule has 4 aromatic heterocycles. The van der Waals surface area contributed by atoms with Crippen LogP contribution >= 0.6 is 0 Å². The number of H-pyrrole nitrogens is 1. The van der Waals surface area contributed by atoms with E-state index in [1.54, 1.807) is 23.3 Å². The van der Waals surface area contributed by atoms with E-state index in [1.807, 2.05) is 47.9 Å². The molecule has 0 aliphatic carbocycles. The molecule has 0 spiro atoms. The summed E-state index contributed by atoms with van der Waals surface area (Å²) in [4.78, 5) is 33.0.